The topological polar surface area (TPSA) is 81.2 Å². The van der Waals surface area contributed by atoms with E-state index in [2.05, 4.69) is 58.5 Å². The third-order valence-corrected chi connectivity index (χ3v) is 6.81. The predicted octanol–water partition coefficient (Wildman–Crippen LogP) is 7.86. The Labute approximate surface area is 219 Å². The van der Waals surface area contributed by atoms with Crippen molar-refractivity contribution in [3.63, 3.8) is 0 Å². The van der Waals surface area contributed by atoms with Crippen LogP contribution < -0.4 is 0 Å². The van der Waals surface area contributed by atoms with E-state index < -0.39 is 0 Å². The molecular weight excluding hydrogens is 466 g/mol. The van der Waals surface area contributed by atoms with Gasteiger partial charge >= 0.3 is 0 Å². The molecule has 2 N–H and O–H groups in total. The van der Waals surface area contributed by atoms with Crippen LogP contribution in [0, 0.1) is 11.3 Å². The third-order valence-electron chi connectivity index (χ3n) is 6.81. The van der Waals surface area contributed by atoms with Crippen LogP contribution in [0.25, 0.3) is 68.6 Å². The molecule has 0 radical (unpaired) electrons. The molecule has 0 unspecified atom stereocenters. The number of benzene rings is 2. The molecule has 0 spiro atoms. The first kappa shape index (κ1) is 21.8. The van der Waals surface area contributed by atoms with Crippen LogP contribution in [-0.4, -0.2) is 19.9 Å². The minimum Gasteiger partial charge on any atom is -0.355 e. The van der Waals surface area contributed by atoms with Crippen LogP contribution in [0.15, 0.2) is 91.0 Å². The Balaban J connectivity index is 1.63. The van der Waals surface area contributed by atoms with Crippen molar-refractivity contribution in [3.05, 3.63) is 119 Å². The minimum absolute atomic E-state index is 0.492. The Hall–Kier alpha value is -5.47. The van der Waals surface area contributed by atoms with Crippen molar-refractivity contribution < 1.29 is 0 Å². The summed E-state index contributed by atoms with van der Waals surface area (Å²) in [7, 11) is 0. The van der Waals surface area contributed by atoms with Crippen molar-refractivity contribution in [1.29, 1.82) is 5.26 Å². The fourth-order valence-corrected chi connectivity index (χ4v) is 5.07. The molecule has 2 aromatic carbocycles. The van der Waals surface area contributed by atoms with Crippen molar-refractivity contribution in [2.75, 3.05) is 0 Å². The molecule has 5 aromatic rings. The highest BCUT2D eigenvalue weighted by Gasteiger charge is 2.15. The maximum Gasteiger partial charge on any atom is 0.104 e. The summed E-state index contributed by atoms with van der Waals surface area (Å²) in [6, 6.07) is 32.9. The van der Waals surface area contributed by atoms with Gasteiger partial charge in [-0.25, -0.2) is 9.97 Å². The van der Waals surface area contributed by atoms with Gasteiger partial charge in [-0.3, -0.25) is 0 Å². The van der Waals surface area contributed by atoms with Gasteiger partial charge in [-0.2, -0.15) is 5.26 Å². The lowest BCUT2D eigenvalue weighted by molar-refractivity contribution is 1.30. The summed E-state index contributed by atoms with van der Waals surface area (Å²) in [5, 5.41) is 10.2. The number of nitrogens with one attached hydrogen (secondary N) is 2. The summed E-state index contributed by atoms with van der Waals surface area (Å²) >= 11 is 0. The zero-order valence-electron chi connectivity index (χ0n) is 20.3. The van der Waals surface area contributed by atoms with Crippen LogP contribution in [0.4, 0.5) is 0 Å². The lowest BCUT2D eigenvalue weighted by Crippen LogP contribution is -1.88. The van der Waals surface area contributed by atoms with Crippen molar-refractivity contribution in [1.82, 2.24) is 19.9 Å². The van der Waals surface area contributed by atoms with Gasteiger partial charge in [-0.15, -0.1) is 0 Å². The van der Waals surface area contributed by atoms with Crippen LogP contribution in [0.3, 0.4) is 0 Å². The Morgan fingerprint density at radius 3 is 1.84 bits per heavy atom. The summed E-state index contributed by atoms with van der Waals surface area (Å²) in [5.74, 6) is 0. The van der Waals surface area contributed by atoms with E-state index in [0.717, 1.165) is 61.4 Å². The molecule has 0 saturated carbocycles. The quantitative estimate of drug-likeness (QED) is 0.260. The molecular formula is C33H21N5. The van der Waals surface area contributed by atoms with E-state index in [1.54, 1.807) is 0 Å². The molecule has 0 atom stereocenters. The monoisotopic (exact) mass is 487 g/mol. The molecule has 2 aliphatic heterocycles. The highest BCUT2D eigenvalue weighted by molar-refractivity contribution is 5.94. The van der Waals surface area contributed by atoms with Crippen molar-refractivity contribution in [2.24, 2.45) is 0 Å². The van der Waals surface area contributed by atoms with E-state index in [0.29, 0.717) is 11.3 Å². The van der Waals surface area contributed by atoms with E-state index in [-0.39, 0.29) is 0 Å². The van der Waals surface area contributed by atoms with Gasteiger partial charge in [-0.1, -0.05) is 60.7 Å². The average molecular weight is 488 g/mol. The smallest absolute Gasteiger partial charge is 0.104 e. The number of H-pyrrole nitrogens is 2. The van der Waals surface area contributed by atoms with E-state index in [1.165, 1.54) is 0 Å². The second-order valence-electron chi connectivity index (χ2n) is 9.20. The first-order valence-corrected chi connectivity index (χ1v) is 12.4. The van der Waals surface area contributed by atoms with Crippen LogP contribution in [0.1, 0.15) is 28.3 Å². The molecule has 5 heterocycles. The number of fused-ring (bicyclic) bond motifs is 8. The molecule has 7 rings (SSSR count). The largest absolute Gasteiger partial charge is 0.355 e. The number of aromatic nitrogens is 4. The van der Waals surface area contributed by atoms with Crippen LogP contribution >= 0.6 is 0 Å². The van der Waals surface area contributed by atoms with Crippen molar-refractivity contribution >= 4 is 46.4 Å². The molecule has 8 bridgehead atoms. The molecule has 0 fully saturated rings. The number of rotatable bonds is 2. The second kappa shape index (κ2) is 8.88. The molecule has 5 nitrogen and oxygen atoms in total. The molecule has 3 aromatic heterocycles. The SMILES string of the molecule is N#Cc1c2nc(c(-c3ccccc3)c3ccc(cc4nc(c(-c5ccccc5)c5ccc1[nH]5)C=C4)[nH]3)C=C2. The van der Waals surface area contributed by atoms with Gasteiger partial charge in [-0.05, 0) is 65.8 Å². The number of hydrogen-bond acceptors (Lipinski definition) is 3. The fourth-order valence-electron chi connectivity index (χ4n) is 5.07. The van der Waals surface area contributed by atoms with Crippen LogP contribution in [-0.2, 0) is 0 Å². The zero-order valence-corrected chi connectivity index (χ0v) is 20.3. The van der Waals surface area contributed by atoms with Gasteiger partial charge in [0, 0.05) is 27.7 Å². The highest BCUT2D eigenvalue weighted by atomic mass is 14.8. The number of aromatic amines is 2. The third kappa shape index (κ3) is 3.73. The molecule has 0 aliphatic carbocycles. The van der Waals surface area contributed by atoms with Gasteiger partial charge in [0.05, 0.1) is 28.3 Å². The Bertz CT molecular complexity index is 1930. The normalized spacial score (nSPS) is 12.0. The van der Waals surface area contributed by atoms with E-state index in [4.69, 9.17) is 9.97 Å². The molecule has 5 heteroatoms. The maximum atomic E-state index is 10.2. The van der Waals surface area contributed by atoms with E-state index in [9.17, 15) is 5.26 Å². The van der Waals surface area contributed by atoms with Crippen LogP contribution in [0.2, 0.25) is 0 Å². The number of nitriles is 1. The maximum absolute atomic E-state index is 10.2. The Kier molecular flexibility index (Phi) is 5.09. The Morgan fingerprint density at radius 1 is 0.553 bits per heavy atom. The van der Waals surface area contributed by atoms with Gasteiger partial charge in [0.25, 0.3) is 0 Å². The highest BCUT2D eigenvalue weighted by Crippen LogP contribution is 2.33. The predicted molar refractivity (Wildman–Crippen MR) is 154 cm³/mol. The van der Waals surface area contributed by atoms with Gasteiger partial charge in [0.2, 0.25) is 0 Å². The van der Waals surface area contributed by atoms with E-state index >= 15 is 0 Å². The summed E-state index contributed by atoms with van der Waals surface area (Å²) in [4.78, 5) is 16.9. The van der Waals surface area contributed by atoms with Gasteiger partial charge < -0.3 is 9.97 Å². The lowest BCUT2D eigenvalue weighted by atomic mass is 10.0. The van der Waals surface area contributed by atoms with Crippen molar-refractivity contribution in [3.8, 4) is 28.3 Å². The number of nitrogens with zero attached hydrogens (tertiary/aromatic N) is 3. The first-order valence-electron chi connectivity index (χ1n) is 12.4. The molecule has 38 heavy (non-hydrogen) atoms. The summed E-state index contributed by atoms with van der Waals surface area (Å²) in [5.41, 5.74) is 11.2. The summed E-state index contributed by atoms with van der Waals surface area (Å²) in [6.07, 6.45) is 7.96. The van der Waals surface area contributed by atoms with Crippen LogP contribution in [0.5, 0.6) is 0 Å². The standard InChI is InChI=1S/C33H21N5/c34-20-25-26-15-17-30(37-26)32(21-7-3-1-4-8-21)28-13-11-23(35-28)19-24-12-14-29(36-24)33(22-9-5-2-6-10-22)31-18-16-27(25)38-31/h1-19,35,38H. The van der Waals surface area contributed by atoms with Gasteiger partial charge in [0.1, 0.15) is 11.6 Å². The molecule has 178 valence electrons. The second-order valence-corrected chi connectivity index (χ2v) is 9.20. The summed E-state index contributed by atoms with van der Waals surface area (Å²) in [6.45, 7) is 0. The number of hydrogen-bond donors (Lipinski definition) is 2. The lowest BCUT2D eigenvalue weighted by Gasteiger charge is -2.03. The van der Waals surface area contributed by atoms with E-state index in [1.807, 2.05) is 72.8 Å². The van der Waals surface area contributed by atoms with Gasteiger partial charge in [0.15, 0.2) is 0 Å². The zero-order chi connectivity index (χ0) is 25.5. The first-order chi connectivity index (χ1) is 18.8. The molecule has 2 aliphatic rings. The average Bonchev–Trinajstić information content (AvgIpc) is 3.77. The van der Waals surface area contributed by atoms with Crippen molar-refractivity contribution in [2.45, 2.75) is 0 Å². The minimum atomic E-state index is 0.492. The fraction of sp³-hybridized carbons (Fsp3) is 0. The molecule has 0 amide bonds. The molecule has 0 saturated heterocycles. The Morgan fingerprint density at radius 2 is 1.13 bits per heavy atom. The summed E-state index contributed by atoms with van der Waals surface area (Å²) < 4.78 is 0.